The number of thiazole rings is 1. The number of halogens is 1. The molecule has 1 aromatic heterocycles. The number of allylic oxidation sites excluding steroid dienone is 2. The first-order chi connectivity index (χ1) is 16.2. The van der Waals surface area contributed by atoms with Crippen molar-refractivity contribution in [2.24, 2.45) is 10.4 Å². The van der Waals surface area contributed by atoms with Crippen molar-refractivity contribution in [3.8, 4) is 0 Å². The summed E-state index contributed by atoms with van der Waals surface area (Å²) < 4.78 is 15.8. The van der Waals surface area contributed by atoms with E-state index in [1.165, 1.54) is 22.8 Å². The Balaban J connectivity index is 1.83. The van der Waals surface area contributed by atoms with Crippen molar-refractivity contribution in [3.05, 3.63) is 107 Å². The van der Waals surface area contributed by atoms with E-state index in [0.717, 1.165) is 11.3 Å². The molecule has 2 aliphatic rings. The van der Waals surface area contributed by atoms with Gasteiger partial charge in [0.25, 0.3) is 11.2 Å². The summed E-state index contributed by atoms with van der Waals surface area (Å²) in [6, 6.07) is 11.2. The molecule has 3 aromatic rings. The van der Waals surface area contributed by atoms with E-state index in [9.17, 15) is 24.1 Å². The van der Waals surface area contributed by atoms with E-state index < -0.39 is 22.3 Å². The highest BCUT2D eigenvalue weighted by Gasteiger charge is 2.42. The maximum absolute atomic E-state index is 14.3. The smallest absolute Gasteiger partial charge is 0.275 e. The Labute approximate surface area is 197 Å². The molecule has 7 nitrogen and oxygen atoms in total. The highest BCUT2D eigenvalue weighted by molar-refractivity contribution is 7.07. The summed E-state index contributed by atoms with van der Waals surface area (Å²) in [5.74, 6) is -0.652. The summed E-state index contributed by atoms with van der Waals surface area (Å²) in [6.45, 7) is 3.94. The Morgan fingerprint density at radius 2 is 1.85 bits per heavy atom. The van der Waals surface area contributed by atoms with Crippen LogP contribution in [0.4, 0.5) is 10.1 Å². The van der Waals surface area contributed by atoms with Gasteiger partial charge in [-0.05, 0) is 30.0 Å². The van der Waals surface area contributed by atoms with Crippen molar-refractivity contribution in [2.75, 3.05) is 0 Å². The third-order valence-electron chi connectivity index (χ3n) is 6.12. The summed E-state index contributed by atoms with van der Waals surface area (Å²) in [5, 5.41) is 11.8. The van der Waals surface area contributed by atoms with Crippen LogP contribution in [0.5, 0.6) is 0 Å². The molecule has 2 heterocycles. The second-order valence-corrected chi connectivity index (χ2v) is 10.2. The molecule has 0 fully saturated rings. The molecule has 0 saturated carbocycles. The van der Waals surface area contributed by atoms with Crippen molar-refractivity contribution in [3.63, 3.8) is 0 Å². The number of benzene rings is 2. The number of rotatable bonds is 3. The predicted molar refractivity (Wildman–Crippen MR) is 126 cm³/mol. The van der Waals surface area contributed by atoms with Gasteiger partial charge in [0.2, 0.25) is 0 Å². The average Bonchev–Trinajstić information content (AvgIpc) is 3.07. The Morgan fingerprint density at radius 3 is 2.59 bits per heavy atom. The zero-order valence-corrected chi connectivity index (χ0v) is 19.3. The van der Waals surface area contributed by atoms with Crippen LogP contribution in [0, 0.1) is 21.3 Å². The number of nitro groups is 1. The van der Waals surface area contributed by atoms with Crippen LogP contribution in [0.25, 0.3) is 6.08 Å². The van der Waals surface area contributed by atoms with Gasteiger partial charge in [0.15, 0.2) is 10.6 Å². The van der Waals surface area contributed by atoms with Crippen LogP contribution >= 0.6 is 11.3 Å². The topological polar surface area (TPSA) is 94.6 Å². The summed E-state index contributed by atoms with van der Waals surface area (Å²) in [6.07, 6.45) is 2.20. The largest absolute Gasteiger partial charge is 0.294 e. The molecule has 0 bridgehead atoms. The van der Waals surface area contributed by atoms with Crippen molar-refractivity contribution in [2.45, 2.75) is 32.7 Å². The Hall–Kier alpha value is -3.72. The lowest BCUT2D eigenvalue weighted by Gasteiger charge is -2.35. The maximum atomic E-state index is 14.3. The maximum Gasteiger partial charge on any atom is 0.275 e. The third-order valence-corrected chi connectivity index (χ3v) is 7.10. The number of fused-ring (bicyclic) bond motifs is 1. The summed E-state index contributed by atoms with van der Waals surface area (Å²) in [4.78, 5) is 43.2. The van der Waals surface area contributed by atoms with Crippen LogP contribution in [0.2, 0.25) is 0 Å². The van der Waals surface area contributed by atoms with Gasteiger partial charge in [-0.15, -0.1) is 0 Å². The molecular weight excluding hydrogens is 457 g/mol. The number of ketones is 1. The van der Waals surface area contributed by atoms with E-state index in [1.807, 2.05) is 13.8 Å². The summed E-state index contributed by atoms with van der Waals surface area (Å²) in [7, 11) is 0. The van der Waals surface area contributed by atoms with Gasteiger partial charge in [-0.3, -0.25) is 24.3 Å². The van der Waals surface area contributed by atoms with Crippen molar-refractivity contribution >= 4 is 28.9 Å². The molecule has 172 valence electrons. The Morgan fingerprint density at radius 1 is 1.15 bits per heavy atom. The third kappa shape index (κ3) is 3.62. The lowest BCUT2D eigenvalue weighted by Crippen LogP contribution is -2.42. The van der Waals surface area contributed by atoms with Crippen LogP contribution in [-0.4, -0.2) is 15.3 Å². The number of carbonyl (C=O) groups excluding carboxylic acids is 1. The number of carbonyl (C=O) groups is 1. The normalized spacial score (nSPS) is 19.4. The molecule has 0 N–H and O–H groups in total. The van der Waals surface area contributed by atoms with Gasteiger partial charge in [-0.25, -0.2) is 9.38 Å². The van der Waals surface area contributed by atoms with E-state index in [0.29, 0.717) is 22.5 Å². The van der Waals surface area contributed by atoms with E-state index >= 15 is 0 Å². The number of nitro benzene ring substituents is 1. The van der Waals surface area contributed by atoms with Gasteiger partial charge in [0, 0.05) is 23.6 Å². The molecule has 1 unspecified atom stereocenters. The van der Waals surface area contributed by atoms with E-state index in [-0.39, 0.29) is 39.0 Å². The van der Waals surface area contributed by atoms with Gasteiger partial charge in [-0.1, -0.05) is 55.5 Å². The van der Waals surface area contributed by atoms with Crippen LogP contribution in [0.15, 0.2) is 69.6 Å². The second kappa shape index (κ2) is 7.95. The number of hydrogen-bond acceptors (Lipinski definition) is 6. The fraction of sp³-hybridized carbons (Fsp3) is 0.240. The first kappa shape index (κ1) is 22.1. The molecule has 1 atom stereocenters. The van der Waals surface area contributed by atoms with E-state index in [4.69, 9.17) is 0 Å². The fourth-order valence-corrected chi connectivity index (χ4v) is 5.67. The molecule has 0 radical (unpaired) electrons. The van der Waals surface area contributed by atoms with Gasteiger partial charge in [0.1, 0.15) is 11.9 Å². The standard InChI is InChI=1S/C25H20FN3O4S/c1-25(2)12-17-21(19(30)13-25)22(15-8-4-6-10-18(15)29(32)33)28-23(31)20(34-24(28)27-17)11-14-7-3-5-9-16(14)26/h3-11,22H,12-13H2,1-2H3. The molecule has 1 aliphatic heterocycles. The van der Waals surface area contributed by atoms with E-state index in [1.54, 1.807) is 36.4 Å². The minimum absolute atomic E-state index is 0.178. The molecule has 34 heavy (non-hydrogen) atoms. The SMILES string of the molecule is CC1(C)CC(=O)C2=C(C1)N=c1sc(=Cc3ccccc3F)c(=O)n1C2c1ccccc1[N+](=O)[O-]. The van der Waals surface area contributed by atoms with Crippen LogP contribution in [-0.2, 0) is 4.79 Å². The Kier molecular flexibility index (Phi) is 5.16. The number of hydrogen-bond donors (Lipinski definition) is 0. The molecular formula is C25H20FN3O4S. The quantitative estimate of drug-likeness (QED) is 0.425. The van der Waals surface area contributed by atoms with Gasteiger partial charge < -0.3 is 0 Å². The molecule has 0 spiro atoms. The molecule has 1 aliphatic carbocycles. The monoisotopic (exact) mass is 477 g/mol. The highest BCUT2D eigenvalue weighted by Crippen LogP contribution is 2.44. The minimum atomic E-state index is -0.973. The molecule has 5 rings (SSSR count). The van der Waals surface area contributed by atoms with Crippen LogP contribution in [0.3, 0.4) is 0 Å². The average molecular weight is 478 g/mol. The molecule has 0 saturated heterocycles. The highest BCUT2D eigenvalue weighted by atomic mass is 32.1. The van der Waals surface area contributed by atoms with Crippen LogP contribution in [0.1, 0.15) is 43.9 Å². The minimum Gasteiger partial charge on any atom is -0.294 e. The zero-order chi connectivity index (χ0) is 24.2. The lowest BCUT2D eigenvalue weighted by molar-refractivity contribution is -0.385. The van der Waals surface area contributed by atoms with Crippen molar-refractivity contribution in [1.29, 1.82) is 0 Å². The van der Waals surface area contributed by atoms with E-state index in [2.05, 4.69) is 4.99 Å². The zero-order valence-electron chi connectivity index (χ0n) is 18.4. The first-order valence-corrected chi connectivity index (χ1v) is 11.5. The first-order valence-electron chi connectivity index (χ1n) is 10.7. The van der Waals surface area contributed by atoms with Crippen LogP contribution < -0.4 is 14.9 Å². The second-order valence-electron chi connectivity index (χ2n) is 9.22. The predicted octanol–water partition coefficient (Wildman–Crippen LogP) is 3.65. The van der Waals surface area contributed by atoms with Crippen molar-refractivity contribution in [1.82, 2.24) is 4.57 Å². The van der Waals surface area contributed by atoms with Gasteiger partial charge in [-0.2, -0.15) is 0 Å². The number of para-hydroxylation sites is 1. The summed E-state index contributed by atoms with van der Waals surface area (Å²) >= 11 is 1.08. The van der Waals surface area contributed by atoms with Crippen molar-refractivity contribution < 1.29 is 14.1 Å². The lowest BCUT2D eigenvalue weighted by atomic mass is 9.73. The Bertz CT molecular complexity index is 1580. The number of nitrogens with zero attached hydrogens (tertiary/aromatic N) is 3. The fourth-order valence-electron chi connectivity index (χ4n) is 4.66. The number of Topliss-reactive ketones (excluding diaryl/α,β-unsaturated/α-hetero) is 1. The molecule has 9 heteroatoms. The molecule has 2 aromatic carbocycles. The molecule has 0 amide bonds. The van der Waals surface area contributed by atoms with Gasteiger partial charge in [0.05, 0.1) is 20.7 Å². The number of aromatic nitrogens is 1. The summed E-state index contributed by atoms with van der Waals surface area (Å²) in [5.41, 5.74) is 0.384. The van der Waals surface area contributed by atoms with Gasteiger partial charge >= 0.3 is 0 Å².